The predicted octanol–water partition coefficient (Wildman–Crippen LogP) is 6.81. The van der Waals surface area contributed by atoms with Crippen molar-refractivity contribution in [1.29, 1.82) is 0 Å². The summed E-state index contributed by atoms with van der Waals surface area (Å²) < 4.78 is 33.6. The minimum atomic E-state index is -1.06. The highest BCUT2D eigenvalue weighted by Crippen LogP contribution is 2.29. The normalized spacial score (nSPS) is 16.1. The van der Waals surface area contributed by atoms with E-state index in [9.17, 15) is 23.2 Å². The molecule has 238 valence electrons. The summed E-state index contributed by atoms with van der Waals surface area (Å²) in [5, 5.41) is 3.26. The molecule has 2 amide bonds. The highest BCUT2D eigenvalue weighted by Gasteiger charge is 2.24. The summed E-state index contributed by atoms with van der Waals surface area (Å²) in [5.74, 6) is -2.80. The molecule has 0 unspecified atom stereocenters. The number of fused-ring (bicyclic) bond motifs is 1. The fraction of sp³-hybridized carbons (Fsp3) is 0.306. The molecule has 1 atom stereocenters. The lowest BCUT2D eigenvalue weighted by atomic mass is 9.97. The SMILES string of the molecule is O=C(N[C@@H](C=C1CCN(c2ccccc2CN2CCCCC2=O)CC1)Cc1ccc(Cl)cc1)c1cc(=O)c2cc(F)cc(F)c2o1. The summed E-state index contributed by atoms with van der Waals surface area (Å²) in [6, 6.07) is 17.5. The minimum Gasteiger partial charge on any atom is -0.448 e. The molecule has 0 saturated carbocycles. The summed E-state index contributed by atoms with van der Waals surface area (Å²) in [7, 11) is 0. The Balaban J connectivity index is 1.20. The van der Waals surface area contributed by atoms with E-state index in [1.54, 1.807) is 12.1 Å². The van der Waals surface area contributed by atoms with E-state index >= 15 is 0 Å². The average Bonchev–Trinajstić information content (AvgIpc) is 3.04. The Labute approximate surface area is 270 Å². The number of halogens is 3. The number of hydrogen-bond acceptors (Lipinski definition) is 5. The number of hydrogen-bond donors (Lipinski definition) is 1. The number of amides is 2. The van der Waals surface area contributed by atoms with Gasteiger partial charge in [-0.1, -0.05) is 53.6 Å². The molecule has 0 aliphatic carbocycles. The quantitative estimate of drug-likeness (QED) is 0.213. The van der Waals surface area contributed by atoms with Crippen LogP contribution in [0.2, 0.25) is 5.02 Å². The Bertz CT molecular complexity index is 1850. The molecule has 0 radical (unpaired) electrons. The van der Waals surface area contributed by atoms with Gasteiger partial charge in [-0.15, -0.1) is 0 Å². The number of piperidine rings is 2. The van der Waals surface area contributed by atoms with Crippen molar-refractivity contribution in [1.82, 2.24) is 10.2 Å². The summed E-state index contributed by atoms with van der Waals surface area (Å²) in [6.07, 6.45) is 6.62. The maximum absolute atomic E-state index is 14.4. The third-order valence-electron chi connectivity index (χ3n) is 8.61. The van der Waals surface area contributed by atoms with Gasteiger partial charge >= 0.3 is 0 Å². The standard InChI is InChI=1S/C36H34ClF2N3O4/c37-26-10-8-23(9-11-26)17-28(40-36(45)33-21-32(43)29-19-27(38)20-30(39)35(29)46-33)18-24-12-15-41(16-13-24)31-6-2-1-5-25(31)22-42-14-4-3-7-34(42)44/h1-2,5-6,8-11,18-21,28H,3-4,7,12-17,22H2,(H,40,45)/t28-/m1/s1. The first-order valence-corrected chi connectivity index (χ1v) is 15.9. The largest absolute Gasteiger partial charge is 0.448 e. The number of anilines is 1. The average molecular weight is 646 g/mol. The van der Waals surface area contributed by atoms with Gasteiger partial charge < -0.3 is 19.5 Å². The molecule has 1 aromatic heterocycles. The minimum absolute atomic E-state index is 0.209. The Morgan fingerprint density at radius 2 is 1.72 bits per heavy atom. The van der Waals surface area contributed by atoms with Crippen LogP contribution in [-0.4, -0.2) is 42.4 Å². The van der Waals surface area contributed by atoms with Crippen LogP contribution in [0.1, 0.15) is 53.8 Å². The second-order valence-electron chi connectivity index (χ2n) is 11.9. The summed E-state index contributed by atoms with van der Waals surface area (Å²) in [6.45, 7) is 2.94. The fourth-order valence-electron chi connectivity index (χ4n) is 6.23. The van der Waals surface area contributed by atoms with E-state index in [-0.39, 0.29) is 17.1 Å². The van der Waals surface area contributed by atoms with Crippen LogP contribution in [-0.2, 0) is 17.8 Å². The molecule has 3 heterocycles. The summed E-state index contributed by atoms with van der Waals surface area (Å²) in [4.78, 5) is 42.7. The van der Waals surface area contributed by atoms with Gasteiger partial charge in [0, 0.05) is 55.4 Å². The lowest BCUT2D eigenvalue weighted by Crippen LogP contribution is -2.37. The number of nitrogens with zero attached hydrogens (tertiary/aromatic N) is 2. The van der Waals surface area contributed by atoms with Gasteiger partial charge in [0.1, 0.15) is 5.82 Å². The Kier molecular flexibility index (Phi) is 9.49. The molecule has 10 heteroatoms. The first kappa shape index (κ1) is 31.5. The maximum atomic E-state index is 14.4. The molecule has 2 aliphatic heterocycles. The zero-order valence-corrected chi connectivity index (χ0v) is 26.0. The second kappa shape index (κ2) is 13.9. The Hall–Kier alpha value is -4.50. The highest BCUT2D eigenvalue weighted by atomic mass is 35.5. The number of carbonyl (C=O) groups excluding carboxylic acids is 2. The molecule has 2 aliphatic rings. The number of carbonyl (C=O) groups is 2. The lowest BCUT2D eigenvalue weighted by Gasteiger charge is -2.34. The van der Waals surface area contributed by atoms with Gasteiger partial charge in [0.15, 0.2) is 22.6 Å². The molecule has 0 bridgehead atoms. The fourth-order valence-corrected chi connectivity index (χ4v) is 6.36. The van der Waals surface area contributed by atoms with Crippen molar-refractivity contribution in [2.45, 2.75) is 51.1 Å². The number of rotatable bonds is 8. The molecule has 7 nitrogen and oxygen atoms in total. The zero-order chi connectivity index (χ0) is 32.2. The van der Waals surface area contributed by atoms with Crippen LogP contribution >= 0.6 is 11.6 Å². The van der Waals surface area contributed by atoms with Gasteiger partial charge in [-0.2, -0.15) is 0 Å². The number of para-hydroxylation sites is 1. The summed E-state index contributed by atoms with van der Waals surface area (Å²) >= 11 is 6.09. The van der Waals surface area contributed by atoms with Gasteiger partial charge in [-0.05, 0) is 67.5 Å². The van der Waals surface area contributed by atoms with E-state index in [0.29, 0.717) is 30.5 Å². The van der Waals surface area contributed by atoms with Crippen LogP contribution in [0.25, 0.3) is 11.0 Å². The van der Waals surface area contributed by atoms with Gasteiger partial charge in [0.05, 0.1) is 11.4 Å². The van der Waals surface area contributed by atoms with Gasteiger partial charge in [0.2, 0.25) is 5.91 Å². The molecule has 46 heavy (non-hydrogen) atoms. The van der Waals surface area contributed by atoms with E-state index in [0.717, 1.165) is 74.3 Å². The Morgan fingerprint density at radius 1 is 0.957 bits per heavy atom. The smallest absolute Gasteiger partial charge is 0.287 e. The van der Waals surface area contributed by atoms with E-state index in [1.807, 2.05) is 35.2 Å². The number of benzene rings is 3. The van der Waals surface area contributed by atoms with Crippen LogP contribution in [0.5, 0.6) is 0 Å². The molecule has 2 fully saturated rings. The number of nitrogens with one attached hydrogen (secondary N) is 1. The number of likely N-dealkylation sites (tertiary alicyclic amines) is 1. The molecular weight excluding hydrogens is 612 g/mol. The van der Waals surface area contributed by atoms with Crippen LogP contribution < -0.4 is 15.6 Å². The topological polar surface area (TPSA) is 82.9 Å². The van der Waals surface area contributed by atoms with Crippen molar-refractivity contribution in [2.24, 2.45) is 0 Å². The van der Waals surface area contributed by atoms with Crippen LogP contribution in [0.4, 0.5) is 14.5 Å². The van der Waals surface area contributed by atoms with Crippen molar-refractivity contribution in [3.8, 4) is 0 Å². The first-order chi connectivity index (χ1) is 22.2. The zero-order valence-electron chi connectivity index (χ0n) is 25.2. The molecule has 2 saturated heterocycles. The maximum Gasteiger partial charge on any atom is 0.287 e. The molecule has 3 aromatic carbocycles. The van der Waals surface area contributed by atoms with E-state index < -0.39 is 34.6 Å². The molecule has 4 aromatic rings. The van der Waals surface area contributed by atoms with E-state index in [2.05, 4.69) is 22.3 Å². The van der Waals surface area contributed by atoms with Gasteiger partial charge in [-0.25, -0.2) is 8.78 Å². The van der Waals surface area contributed by atoms with Gasteiger partial charge in [-0.3, -0.25) is 14.4 Å². The third kappa shape index (κ3) is 7.31. The van der Waals surface area contributed by atoms with Crippen molar-refractivity contribution in [2.75, 3.05) is 24.5 Å². The third-order valence-corrected chi connectivity index (χ3v) is 8.87. The van der Waals surface area contributed by atoms with E-state index in [1.165, 1.54) is 5.57 Å². The molecule has 1 N–H and O–H groups in total. The van der Waals surface area contributed by atoms with Crippen molar-refractivity contribution < 1.29 is 22.8 Å². The van der Waals surface area contributed by atoms with Crippen LogP contribution in [0, 0.1) is 11.6 Å². The monoisotopic (exact) mass is 645 g/mol. The molecular formula is C36H34ClF2N3O4. The predicted molar refractivity (Wildman–Crippen MR) is 174 cm³/mol. The van der Waals surface area contributed by atoms with Crippen LogP contribution in [0.15, 0.2) is 87.6 Å². The first-order valence-electron chi connectivity index (χ1n) is 15.5. The molecule has 0 spiro atoms. The van der Waals surface area contributed by atoms with Gasteiger partial charge in [0.25, 0.3) is 5.91 Å². The van der Waals surface area contributed by atoms with Crippen molar-refractivity contribution in [3.05, 3.63) is 122 Å². The van der Waals surface area contributed by atoms with Crippen LogP contribution in [0.3, 0.4) is 0 Å². The lowest BCUT2D eigenvalue weighted by molar-refractivity contribution is -0.133. The Morgan fingerprint density at radius 3 is 2.48 bits per heavy atom. The molecule has 6 rings (SSSR count). The second-order valence-corrected chi connectivity index (χ2v) is 12.3. The summed E-state index contributed by atoms with van der Waals surface area (Å²) in [5.41, 5.74) is 3.18. The highest BCUT2D eigenvalue weighted by molar-refractivity contribution is 6.30. The van der Waals surface area contributed by atoms with Crippen molar-refractivity contribution in [3.63, 3.8) is 0 Å². The van der Waals surface area contributed by atoms with E-state index in [4.69, 9.17) is 16.0 Å². The van der Waals surface area contributed by atoms with Crippen molar-refractivity contribution >= 4 is 40.1 Å².